The molecule has 1 aromatic carbocycles. The molecule has 3 nitrogen and oxygen atoms in total. The van der Waals surface area contributed by atoms with E-state index in [-0.39, 0.29) is 23.6 Å². The highest BCUT2D eigenvalue weighted by atomic mass is 32.2. The van der Waals surface area contributed by atoms with Crippen molar-refractivity contribution in [2.75, 3.05) is 11.5 Å². The summed E-state index contributed by atoms with van der Waals surface area (Å²) >= 11 is 0. The van der Waals surface area contributed by atoms with Crippen molar-refractivity contribution >= 4 is 9.84 Å². The standard InChI is InChI=1S/C14H18F3NO2S/c1-10(18-13-5-6-21(19,20)9-13)7-11-3-2-4-12(8-11)14(15,16)17/h2-4,8,10,13,18H,5-7,9H2,1H3/t10-,13-/m1/s1. The van der Waals surface area contributed by atoms with Crippen LogP contribution in [0.25, 0.3) is 0 Å². The molecule has 0 bridgehead atoms. The highest BCUT2D eigenvalue weighted by Gasteiger charge is 2.31. The summed E-state index contributed by atoms with van der Waals surface area (Å²) in [5.74, 6) is 0.293. The Morgan fingerprint density at radius 2 is 2.10 bits per heavy atom. The fourth-order valence-electron chi connectivity index (χ4n) is 2.62. The summed E-state index contributed by atoms with van der Waals surface area (Å²) in [7, 11) is -2.95. The first-order valence-electron chi connectivity index (χ1n) is 6.78. The van der Waals surface area contributed by atoms with Gasteiger partial charge in [-0.3, -0.25) is 0 Å². The van der Waals surface area contributed by atoms with Crippen LogP contribution in [-0.2, 0) is 22.4 Å². The molecule has 0 saturated carbocycles. The van der Waals surface area contributed by atoms with Gasteiger partial charge in [0.1, 0.15) is 0 Å². The summed E-state index contributed by atoms with van der Waals surface area (Å²) in [6, 6.07) is 5.06. The van der Waals surface area contributed by atoms with Crippen LogP contribution in [-0.4, -0.2) is 32.0 Å². The van der Waals surface area contributed by atoms with Gasteiger partial charge in [0.05, 0.1) is 17.1 Å². The van der Waals surface area contributed by atoms with Gasteiger partial charge in [-0.15, -0.1) is 0 Å². The lowest BCUT2D eigenvalue weighted by Gasteiger charge is -2.19. The molecule has 0 amide bonds. The van der Waals surface area contributed by atoms with Gasteiger partial charge in [-0.2, -0.15) is 13.2 Å². The van der Waals surface area contributed by atoms with E-state index >= 15 is 0 Å². The third kappa shape index (κ3) is 4.71. The lowest BCUT2D eigenvalue weighted by Crippen LogP contribution is -2.38. The summed E-state index contributed by atoms with van der Waals surface area (Å²) in [4.78, 5) is 0. The predicted molar refractivity (Wildman–Crippen MR) is 74.8 cm³/mol. The molecule has 118 valence electrons. The van der Waals surface area contributed by atoms with Crippen molar-refractivity contribution in [3.05, 3.63) is 35.4 Å². The third-order valence-electron chi connectivity index (χ3n) is 3.55. The minimum atomic E-state index is -4.34. The first kappa shape index (κ1) is 16.3. The van der Waals surface area contributed by atoms with Crippen LogP contribution in [0.1, 0.15) is 24.5 Å². The van der Waals surface area contributed by atoms with Crippen molar-refractivity contribution in [2.45, 2.75) is 38.0 Å². The van der Waals surface area contributed by atoms with E-state index in [1.807, 2.05) is 6.92 Å². The van der Waals surface area contributed by atoms with Crippen LogP contribution in [0.15, 0.2) is 24.3 Å². The molecule has 0 aromatic heterocycles. The molecular weight excluding hydrogens is 303 g/mol. The number of nitrogens with one attached hydrogen (secondary N) is 1. The Hall–Kier alpha value is -1.08. The van der Waals surface area contributed by atoms with Crippen LogP contribution in [0.3, 0.4) is 0 Å². The molecule has 1 heterocycles. The number of sulfone groups is 1. The summed E-state index contributed by atoms with van der Waals surface area (Å²) < 4.78 is 60.6. The van der Waals surface area contributed by atoms with Crippen LogP contribution in [0.4, 0.5) is 13.2 Å². The number of hydrogen-bond donors (Lipinski definition) is 1. The third-order valence-corrected chi connectivity index (χ3v) is 5.32. The average molecular weight is 321 g/mol. The van der Waals surface area contributed by atoms with E-state index in [1.54, 1.807) is 6.07 Å². The smallest absolute Gasteiger partial charge is 0.310 e. The van der Waals surface area contributed by atoms with Gasteiger partial charge in [-0.1, -0.05) is 18.2 Å². The van der Waals surface area contributed by atoms with Gasteiger partial charge in [0.2, 0.25) is 0 Å². The van der Waals surface area contributed by atoms with E-state index in [1.165, 1.54) is 6.07 Å². The zero-order valence-corrected chi connectivity index (χ0v) is 12.5. The molecule has 0 aliphatic carbocycles. The van der Waals surface area contributed by atoms with Crippen molar-refractivity contribution in [3.8, 4) is 0 Å². The zero-order valence-electron chi connectivity index (χ0n) is 11.7. The Morgan fingerprint density at radius 1 is 1.38 bits per heavy atom. The molecule has 0 spiro atoms. The van der Waals surface area contributed by atoms with Crippen molar-refractivity contribution in [3.63, 3.8) is 0 Å². The normalized spacial score (nSPS) is 23.1. The Morgan fingerprint density at radius 3 is 2.67 bits per heavy atom. The second-order valence-electron chi connectivity index (χ2n) is 5.57. The molecular formula is C14H18F3NO2S. The molecule has 1 fully saturated rings. The summed E-state index contributed by atoms with van der Waals surface area (Å²) in [6.45, 7) is 1.85. The van der Waals surface area contributed by atoms with E-state index in [9.17, 15) is 21.6 Å². The minimum Gasteiger partial charge on any atom is -0.310 e. The van der Waals surface area contributed by atoms with Gasteiger partial charge < -0.3 is 5.32 Å². The zero-order chi connectivity index (χ0) is 15.7. The lowest BCUT2D eigenvalue weighted by atomic mass is 10.0. The maximum atomic E-state index is 12.6. The van der Waals surface area contributed by atoms with Gasteiger partial charge in [-0.25, -0.2) is 8.42 Å². The quantitative estimate of drug-likeness (QED) is 0.926. The van der Waals surface area contributed by atoms with Gasteiger partial charge in [-0.05, 0) is 31.4 Å². The number of hydrogen-bond acceptors (Lipinski definition) is 3. The highest BCUT2D eigenvalue weighted by molar-refractivity contribution is 7.91. The molecule has 7 heteroatoms. The molecule has 1 aromatic rings. The average Bonchev–Trinajstić information content (AvgIpc) is 2.67. The van der Waals surface area contributed by atoms with Crippen LogP contribution in [0.5, 0.6) is 0 Å². The van der Waals surface area contributed by atoms with Gasteiger partial charge in [0, 0.05) is 12.1 Å². The summed E-state index contributed by atoms with van der Waals surface area (Å²) in [5, 5.41) is 3.18. The van der Waals surface area contributed by atoms with Crippen molar-refractivity contribution in [1.82, 2.24) is 5.32 Å². The van der Waals surface area contributed by atoms with Gasteiger partial charge in [0.15, 0.2) is 9.84 Å². The molecule has 2 atom stereocenters. The van der Waals surface area contributed by atoms with Gasteiger partial charge in [0.25, 0.3) is 0 Å². The van der Waals surface area contributed by atoms with Crippen LogP contribution in [0.2, 0.25) is 0 Å². The molecule has 2 rings (SSSR count). The number of alkyl halides is 3. The fraction of sp³-hybridized carbons (Fsp3) is 0.571. The highest BCUT2D eigenvalue weighted by Crippen LogP contribution is 2.29. The first-order valence-corrected chi connectivity index (χ1v) is 8.60. The van der Waals surface area contributed by atoms with Crippen LogP contribution in [0, 0.1) is 0 Å². The molecule has 0 unspecified atom stereocenters. The number of benzene rings is 1. The Bertz CT molecular complexity index is 598. The predicted octanol–water partition coefficient (Wildman–Crippen LogP) is 2.41. The maximum absolute atomic E-state index is 12.6. The monoisotopic (exact) mass is 321 g/mol. The van der Waals surface area contributed by atoms with Gasteiger partial charge >= 0.3 is 6.18 Å². The summed E-state index contributed by atoms with van der Waals surface area (Å²) in [5.41, 5.74) is -0.0682. The van der Waals surface area contributed by atoms with E-state index in [4.69, 9.17) is 0 Å². The van der Waals surface area contributed by atoms with E-state index in [2.05, 4.69) is 5.32 Å². The molecule has 0 radical (unpaired) electrons. The lowest BCUT2D eigenvalue weighted by molar-refractivity contribution is -0.137. The Balaban J connectivity index is 1.95. The number of rotatable bonds is 4. The minimum absolute atomic E-state index is 0.0771. The SMILES string of the molecule is C[C@H](Cc1cccc(C(F)(F)F)c1)N[C@@H]1CCS(=O)(=O)C1. The van der Waals surface area contributed by atoms with E-state index in [0.29, 0.717) is 18.4 Å². The van der Waals surface area contributed by atoms with Crippen LogP contribution >= 0.6 is 0 Å². The molecule has 1 N–H and O–H groups in total. The Kier molecular flexibility index (Phi) is 4.63. The van der Waals surface area contributed by atoms with Crippen molar-refractivity contribution in [1.29, 1.82) is 0 Å². The van der Waals surface area contributed by atoms with E-state index in [0.717, 1.165) is 12.1 Å². The second-order valence-corrected chi connectivity index (χ2v) is 7.80. The van der Waals surface area contributed by atoms with Crippen molar-refractivity contribution < 1.29 is 21.6 Å². The Labute approximate surface area is 122 Å². The first-order chi connectivity index (χ1) is 9.66. The fourth-order valence-corrected chi connectivity index (χ4v) is 4.30. The molecule has 1 aliphatic heterocycles. The second kappa shape index (κ2) is 5.96. The topological polar surface area (TPSA) is 46.2 Å². The maximum Gasteiger partial charge on any atom is 0.416 e. The molecule has 1 saturated heterocycles. The summed E-state index contributed by atoms with van der Waals surface area (Å²) in [6.07, 6.45) is -3.35. The van der Waals surface area contributed by atoms with Crippen LogP contribution < -0.4 is 5.32 Å². The van der Waals surface area contributed by atoms with Crippen molar-refractivity contribution in [2.24, 2.45) is 0 Å². The van der Waals surface area contributed by atoms with E-state index < -0.39 is 21.6 Å². The largest absolute Gasteiger partial charge is 0.416 e. The number of halogens is 3. The molecule has 1 aliphatic rings. The molecule has 21 heavy (non-hydrogen) atoms.